The molecular weight excluding hydrogens is 200 g/mol. The predicted molar refractivity (Wildman–Crippen MR) is 68.6 cm³/mol. The molecule has 0 aliphatic carbocycles. The topological polar surface area (TPSA) is 37.3 Å². The van der Waals surface area contributed by atoms with Gasteiger partial charge in [0, 0.05) is 0 Å². The van der Waals surface area contributed by atoms with Crippen molar-refractivity contribution in [3.8, 4) is 0 Å². The Hall–Kier alpha value is -0.530. The van der Waals surface area contributed by atoms with Crippen molar-refractivity contribution in [2.75, 3.05) is 0 Å². The van der Waals surface area contributed by atoms with E-state index in [-0.39, 0.29) is 5.92 Å². The van der Waals surface area contributed by atoms with E-state index in [2.05, 4.69) is 20.8 Å². The van der Waals surface area contributed by atoms with Crippen LogP contribution in [0.2, 0.25) is 0 Å². The van der Waals surface area contributed by atoms with Crippen molar-refractivity contribution in [1.29, 1.82) is 0 Å². The monoisotopic (exact) mass is 228 g/mol. The molecule has 0 saturated carbocycles. The summed E-state index contributed by atoms with van der Waals surface area (Å²) in [4.78, 5) is 11.1. The summed E-state index contributed by atoms with van der Waals surface area (Å²) in [5.74, 6) is -0.113. The number of carboxylic acid groups (broad SMARTS) is 1. The van der Waals surface area contributed by atoms with Crippen LogP contribution < -0.4 is 0 Å². The molecule has 0 radical (unpaired) electrons. The van der Waals surface area contributed by atoms with E-state index in [4.69, 9.17) is 5.11 Å². The Morgan fingerprint density at radius 2 is 1.69 bits per heavy atom. The average molecular weight is 228 g/mol. The Bertz CT molecular complexity index is 174. The lowest BCUT2D eigenvalue weighted by Crippen LogP contribution is -2.17. The standard InChI is InChI=1S/C14H28O2/c1-4-7-8-9-10-13(14(15)16)11-12(5-2)6-3/h12-13H,4-11H2,1-3H3,(H,15,16). The van der Waals surface area contributed by atoms with Crippen LogP contribution in [0.15, 0.2) is 0 Å². The maximum absolute atomic E-state index is 11.1. The molecule has 16 heavy (non-hydrogen) atoms. The Balaban J connectivity index is 3.92. The van der Waals surface area contributed by atoms with Crippen LogP contribution in [0.4, 0.5) is 0 Å². The Morgan fingerprint density at radius 3 is 2.12 bits per heavy atom. The van der Waals surface area contributed by atoms with E-state index in [0.29, 0.717) is 5.92 Å². The van der Waals surface area contributed by atoms with Crippen molar-refractivity contribution in [3.05, 3.63) is 0 Å². The third-order valence-corrected chi connectivity index (χ3v) is 3.53. The highest BCUT2D eigenvalue weighted by atomic mass is 16.4. The van der Waals surface area contributed by atoms with E-state index in [1.807, 2.05) is 0 Å². The highest BCUT2D eigenvalue weighted by Crippen LogP contribution is 2.23. The maximum Gasteiger partial charge on any atom is 0.306 e. The van der Waals surface area contributed by atoms with Gasteiger partial charge in [-0.3, -0.25) is 4.79 Å². The number of carboxylic acids is 1. The molecule has 0 spiro atoms. The van der Waals surface area contributed by atoms with Gasteiger partial charge in [0.25, 0.3) is 0 Å². The van der Waals surface area contributed by atoms with Gasteiger partial charge in [0.1, 0.15) is 0 Å². The minimum atomic E-state index is -0.594. The lowest BCUT2D eigenvalue weighted by molar-refractivity contribution is -0.142. The van der Waals surface area contributed by atoms with Gasteiger partial charge in [-0.05, 0) is 18.8 Å². The number of hydrogen-bond donors (Lipinski definition) is 1. The van der Waals surface area contributed by atoms with E-state index in [0.717, 1.165) is 32.1 Å². The Morgan fingerprint density at radius 1 is 1.06 bits per heavy atom. The number of hydrogen-bond acceptors (Lipinski definition) is 1. The summed E-state index contributed by atoms with van der Waals surface area (Å²) in [6, 6.07) is 0. The summed E-state index contributed by atoms with van der Waals surface area (Å²) in [6.07, 6.45) is 8.65. The van der Waals surface area contributed by atoms with Crippen LogP contribution >= 0.6 is 0 Å². The molecule has 0 aliphatic rings. The lowest BCUT2D eigenvalue weighted by Gasteiger charge is -2.18. The van der Waals surface area contributed by atoms with E-state index in [9.17, 15) is 4.79 Å². The van der Waals surface area contributed by atoms with Gasteiger partial charge < -0.3 is 5.11 Å². The molecule has 1 N–H and O–H groups in total. The first-order valence-corrected chi connectivity index (χ1v) is 6.88. The van der Waals surface area contributed by atoms with Crippen molar-refractivity contribution in [2.24, 2.45) is 11.8 Å². The van der Waals surface area contributed by atoms with Crippen molar-refractivity contribution in [2.45, 2.75) is 72.1 Å². The van der Waals surface area contributed by atoms with Crippen LogP contribution in [0.5, 0.6) is 0 Å². The summed E-state index contributed by atoms with van der Waals surface area (Å²) in [6.45, 7) is 6.49. The van der Waals surface area contributed by atoms with Crippen LogP contribution in [-0.4, -0.2) is 11.1 Å². The lowest BCUT2D eigenvalue weighted by atomic mass is 9.87. The second kappa shape index (κ2) is 9.68. The molecule has 1 atom stereocenters. The van der Waals surface area contributed by atoms with Crippen LogP contribution in [0.1, 0.15) is 72.1 Å². The van der Waals surface area contributed by atoms with Gasteiger partial charge in [-0.2, -0.15) is 0 Å². The fourth-order valence-corrected chi connectivity index (χ4v) is 2.18. The van der Waals surface area contributed by atoms with Gasteiger partial charge in [0.05, 0.1) is 5.92 Å². The number of unbranched alkanes of at least 4 members (excludes halogenated alkanes) is 3. The van der Waals surface area contributed by atoms with E-state index < -0.39 is 5.97 Å². The Labute approximate surface area is 100 Å². The molecule has 0 aromatic heterocycles. The fraction of sp³-hybridized carbons (Fsp3) is 0.929. The molecule has 2 heteroatoms. The van der Waals surface area contributed by atoms with Gasteiger partial charge >= 0.3 is 5.97 Å². The van der Waals surface area contributed by atoms with Crippen molar-refractivity contribution < 1.29 is 9.90 Å². The number of rotatable bonds is 10. The fourth-order valence-electron chi connectivity index (χ4n) is 2.18. The average Bonchev–Trinajstić information content (AvgIpc) is 2.28. The minimum Gasteiger partial charge on any atom is -0.481 e. The molecule has 1 unspecified atom stereocenters. The molecule has 0 saturated heterocycles. The molecular formula is C14H28O2. The zero-order valence-electron chi connectivity index (χ0n) is 11.2. The van der Waals surface area contributed by atoms with E-state index >= 15 is 0 Å². The molecule has 0 heterocycles. The van der Waals surface area contributed by atoms with Gasteiger partial charge in [-0.15, -0.1) is 0 Å². The molecule has 0 aromatic rings. The quantitative estimate of drug-likeness (QED) is 0.560. The zero-order valence-corrected chi connectivity index (χ0v) is 11.2. The maximum atomic E-state index is 11.1. The first-order valence-electron chi connectivity index (χ1n) is 6.88. The van der Waals surface area contributed by atoms with Crippen molar-refractivity contribution in [1.82, 2.24) is 0 Å². The van der Waals surface area contributed by atoms with Gasteiger partial charge in [0.15, 0.2) is 0 Å². The minimum absolute atomic E-state index is 0.109. The third-order valence-electron chi connectivity index (χ3n) is 3.53. The first-order chi connectivity index (χ1) is 7.65. The molecule has 0 aromatic carbocycles. The normalized spacial score (nSPS) is 13.0. The Kier molecular flexibility index (Phi) is 9.36. The highest BCUT2D eigenvalue weighted by molar-refractivity contribution is 5.69. The SMILES string of the molecule is CCCCCCC(CC(CC)CC)C(=O)O. The van der Waals surface area contributed by atoms with Gasteiger partial charge in [0.2, 0.25) is 0 Å². The van der Waals surface area contributed by atoms with Crippen LogP contribution in [-0.2, 0) is 4.79 Å². The molecule has 0 rings (SSSR count). The summed E-state index contributed by atoms with van der Waals surface area (Å²) >= 11 is 0. The first kappa shape index (κ1) is 15.5. The summed E-state index contributed by atoms with van der Waals surface area (Å²) < 4.78 is 0. The van der Waals surface area contributed by atoms with Crippen LogP contribution in [0, 0.1) is 11.8 Å². The second-order valence-corrected chi connectivity index (χ2v) is 4.80. The summed E-state index contributed by atoms with van der Waals surface area (Å²) in [7, 11) is 0. The summed E-state index contributed by atoms with van der Waals surface area (Å²) in [5.41, 5.74) is 0. The van der Waals surface area contributed by atoms with Crippen LogP contribution in [0.25, 0.3) is 0 Å². The van der Waals surface area contributed by atoms with Crippen LogP contribution in [0.3, 0.4) is 0 Å². The number of aliphatic carboxylic acids is 1. The largest absolute Gasteiger partial charge is 0.481 e. The molecule has 96 valence electrons. The molecule has 0 aliphatic heterocycles. The van der Waals surface area contributed by atoms with Crippen molar-refractivity contribution >= 4 is 5.97 Å². The molecule has 2 nitrogen and oxygen atoms in total. The van der Waals surface area contributed by atoms with Crippen molar-refractivity contribution in [3.63, 3.8) is 0 Å². The molecule has 0 bridgehead atoms. The zero-order chi connectivity index (χ0) is 12.4. The second-order valence-electron chi connectivity index (χ2n) is 4.80. The van der Waals surface area contributed by atoms with E-state index in [1.165, 1.54) is 19.3 Å². The third kappa shape index (κ3) is 6.86. The molecule has 0 amide bonds. The van der Waals surface area contributed by atoms with E-state index in [1.54, 1.807) is 0 Å². The smallest absolute Gasteiger partial charge is 0.306 e. The summed E-state index contributed by atoms with van der Waals surface area (Å²) in [5, 5.41) is 9.17. The predicted octanol–water partition coefficient (Wildman–Crippen LogP) is 4.48. The van der Waals surface area contributed by atoms with Gasteiger partial charge in [-0.25, -0.2) is 0 Å². The molecule has 0 fully saturated rings. The number of carbonyl (C=O) groups is 1. The highest BCUT2D eigenvalue weighted by Gasteiger charge is 2.20. The van der Waals surface area contributed by atoms with Gasteiger partial charge in [-0.1, -0.05) is 59.3 Å².